The second-order valence-electron chi connectivity index (χ2n) is 11.5. The van der Waals surface area contributed by atoms with Crippen molar-refractivity contribution in [2.45, 2.75) is 95.7 Å². The highest BCUT2D eigenvalue weighted by molar-refractivity contribution is 5.42. The third-order valence-electron chi connectivity index (χ3n) is 8.63. The lowest BCUT2D eigenvalue weighted by molar-refractivity contribution is 0.0352. The summed E-state index contributed by atoms with van der Waals surface area (Å²) < 4.78 is 6.04. The average Bonchev–Trinajstić information content (AvgIpc) is 3.34. The Bertz CT molecular complexity index is 1150. The molecular formula is C33H46N3O4-. The van der Waals surface area contributed by atoms with Crippen molar-refractivity contribution in [1.29, 1.82) is 0 Å². The largest absolute Gasteiger partial charge is 0.668 e. The molecule has 0 amide bonds. The van der Waals surface area contributed by atoms with Crippen LogP contribution < -0.4 is 15.5 Å². The van der Waals surface area contributed by atoms with Gasteiger partial charge in [-0.1, -0.05) is 50.8 Å². The van der Waals surface area contributed by atoms with Crippen molar-refractivity contribution in [3.63, 3.8) is 0 Å². The number of aliphatic hydroxyl groups excluding tert-OH is 2. The first-order chi connectivity index (χ1) is 19.4. The molecule has 0 bridgehead atoms. The highest BCUT2D eigenvalue weighted by Crippen LogP contribution is 2.33. The molecule has 1 aliphatic rings. The molecular weight excluding hydrogens is 502 g/mol. The quantitative estimate of drug-likeness (QED) is 0.189. The highest BCUT2D eigenvalue weighted by atomic mass is 16.5. The SMILES string of the molecule is CCC1CCCC(C(O)CC(O)CCc2ccc(O)c(OCCC(Cc3ccc[n-]3)c3ccnc(N)c3)c2)CC1. The van der Waals surface area contributed by atoms with Gasteiger partial charge >= 0.3 is 0 Å². The van der Waals surface area contributed by atoms with Gasteiger partial charge in [-0.05, 0) is 98.1 Å². The van der Waals surface area contributed by atoms with E-state index in [1.807, 2.05) is 36.4 Å². The van der Waals surface area contributed by atoms with Gasteiger partial charge in [0.2, 0.25) is 0 Å². The second-order valence-corrected chi connectivity index (χ2v) is 11.5. The first kappa shape index (κ1) is 29.9. The van der Waals surface area contributed by atoms with Crippen LogP contribution in [0.25, 0.3) is 0 Å². The zero-order valence-corrected chi connectivity index (χ0v) is 23.8. The molecule has 1 fully saturated rings. The number of nitrogens with two attached hydrogens (primary N) is 1. The third-order valence-corrected chi connectivity index (χ3v) is 8.63. The monoisotopic (exact) mass is 548 g/mol. The Balaban J connectivity index is 1.28. The molecule has 1 saturated carbocycles. The number of aromatic nitrogens is 2. The molecule has 5 atom stereocenters. The summed E-state index contributed by atoms with van der Waals surface area (Å²) >= 11 is 0. The number of hydrogen-bond acceptors (Lipinski definition) is 6. The Labute approximate surface area is 238 Å². The van der Waals surface area contributed by atoms with E-state index < -0.39 is 12.2 Å². The number of nitrogens with zero attached hydrogens (tertiary/aromatic N) is 2. The number of aromatic hydroxyl groups is 1. The van der Waals surface area contributed by atoms with Gasteiger partial charge in [-0.25, -0.2) is 4.98 Å². The van der Waals surface area contributed by atoms with Gasteiger partial charge in [0.1, 0.15) is 5.82 Å². The van der Waals surface area contributed by atoms with Gasteiger partial charge in [-0.2, -0.15) is 11.9 Å². The lowest BCUT2D eigenvalue weighted by Crippen LogP contribution is -2.26. The van der Waals surface area contributed by atoms with E-state index in [1.165, 1.54) is 25.7 Å². The molecule has 40 heavy (non-hydrogen) atoms. The van der Waals surface area contributed by atoms with Crippen molar-refractivity contribution in [2.75, 3.05) is 12.3 Å². The maximum atomic E-state index is 10.8. The number of hydrogen-bond donors (Lipinski definition) is 4. The molecule has 2 aromatic heterocycles. The molecule has 5 N–H and O–H groups in total. The summed E-state index contributed by atoms with van der Waals surface area (Å²) in [4.78, 5) is 8.53. The van der Waals surface area contributed by atoms with Crippen molar-refractivity contribution in [1.82, 2.24) is 9.97 Å². The fraction of sp³-hybridized carbons (Fsp3) is 0.545. The van der Waals surface area contributed by atoms with E-state index in [0.717, 1.165) is 48.4 Å². The van der Waals surface area contributed by atoms with E-state index in [-0.39, 0.29) is 11.7 Å². The van der Waals surface area contributed by atoms with Crippen LogP contribution in [0.2, 0.25) is 0 Å². The molecule has 0 aliphatic heterocycles. The summed E-state index contributed by atoms with van der Waals surface area (Å²) in [5.41, 5.74) is 9.02. The van der Waals surface area contributed by atoms with Gasteiger partial charge in [0.25, 0.3) is 0 Å². The lowest BCUT2D eigenvalue weighted by Gasteiger charge is -2.24. The molecule has 0 saturated heterocycles. The molecule has 1 aliphatic carbocycles. The van der Waals surface area contributed by atoms with E-state index in [4.69, 9.17) is 10.5 Å². The van der Waals surface area contributed by atoms with E-state index in [1.54, 1.807) is 18.5 Å². The highest BCUT2D eigenvalue weighted by Gasteiger charge is 2.25. The van der Waals surface area contributed by atoms with Crippen LogP contribution in [-0.4, -0.2) is 39.1 Å². The summed E-state index contributed by atoms with van der Waals surface area (Å²) in [7, 11) is 0. The number of anilines is 1. The first-order valence-corrected chi connectivity index (χ1v) is 15.0. The summed E-state index contributed by atoms with van der Waals surface area (Å²) in [5.74, 6) is 2.25. The summed E-state index contributed by atoms with van der Waals surface area (Å²) in [5, 5.41) is 31.9. The molecule has 218 valence electrons. The number of aryl methyl sites for hydroxylation is 1. The number of phenols is 1. The van der Waals surface area contributed by atoms with E-state index >= 15 is 0 Å². The van der Waals surface area contributed by atoms with Crippen molar-refractivity contribution in [2.24, 2.45) is 11.8 Å². The summed E-state index contributed by atoms with van der Waals surface area (Å²) in [6.45, 7) is 2.67. The van der Waals surface area contributed by atoms with Crippen LogP contribution in [0.5, 0.6) is 11.5 Å². The number of ether oxygens (including phenoxy) is 1. The van der Waals surface area contributed by atoms with Crippen LogP contribution in [0.4, 0.5) is 5.82 Å². The second kappa shape index (κ2) is 15.1. The Kier molecular flexibility index (Phi) is 11.3. The number of nitrogen functional groups attached to an aromatic ring is 1. The number of pyridine rings is 1. The van der Waals surface area contributed by atoms with Gasteiger partial charge in [-0.15, -0.1) is 0 Å². The predicted octanol–water partition coefficient (Wildman–Crippen LogP) is 5.77. The van der Waals surface area contributed by atoms with Gasteiger partial charge in [0.15, 0.2) is 11.5 Å². The molecule has 3 aromatic rings. The van der Waals surface area contributed by atoms with Gasteiger partial charge in [0, 0.05) is 6.20 Å². The molecule has 7 nitrogen and oxygen atoms in total. The fourth-order valence-electron chi connectivity index (χ4n) is 6.08. The number of rotatable bonds is 14. The van der Waals surface area contributed by atoms with Crippen molar-refractivity contribution >= 4 is 5.82 Å². The Morgan fingerprint density at radius 1 is 1.07 bits per heavy atom. The van der Waals surface area contributed by atoms with Crippen LogP contribution >= 0.6 is 0 Å². The Morgan fingerprint density at radius 2 is 1.95 bits per heavy atom. The van der Waals surface area contributed by atoms with E-state index in [2.05, 4.69) is 16.9 Å². The Hall–Kier alpha value is -3.03. The zero-order chi connectivity index (χ0) is 28.3. The molecule has 4 rings (SSSR count). The minimum Gasteiger partial charge on any atom is -0.668 e. The van der Waals surface area contributed by atoms with Gasteiger partial charge in [-0.3, -0.25) is 0 Å². The zero-order valence-electron chi connectivity index (χ0n) is 23.8. The predicted molar refractivity (Wildman–Crippen MR) is 158 cm³/mol. The fourth-order valence-corrected chi connectivity index (χ4v) is 6.08. The Morgan fingerprint density at radius 3 is 2.73 bits per heavy atom. The van der Waals surface area contributed by atoms with Crippen molar-refractivity contribution < 1.29 is 20.1 Å². The maximum absolute atomic E-state index is 10.8. The summed E-state index contributed by atoms with van der Waals surface area (Å²) in [6, 6.07) is 13.2. The van der Waals surface area contributed by atoms with Gasteiger partial charge in [0.05, 0.1) is 18.8 Å². The van der Waals surface area contributed by atoms with E-state index in [9.17, 15) is 15.3 Å². The van der Waals surface area contributed by atoms with Crippen LogP contribution in [0, 0.1) is 11.8 Å². The summed E-state index contributed by atoms with van der Waals surface area (Å²) in [6.07, 6.45) is 12.6. The maximum Gasteiger partial charge on any atom is 0.161 e. The minimum atomic E-state index is -0.559. The van der Waals surface area contributed by atoms with Crippen LogP contribution in [0.15, 0.2) is 54.9 Å². The molecule has 0 radical (unpaired) electrons. The molecule has 1 aromatic carbocycles. The molecule has 7 heteroatoms. The topological polar surface area (TPSA) is 123 Å². The van der Waals surface area contributed by atoms with Crippen molar-refractivity contribution in [3.8, 4) is 11.5 Å². The molecule has 2 heterocycles. The van der Waals surface area contributed by atoms with E-state index in [0.29, 0.717) is 43.4 Å². The smallest absolute Gasteiger partial charge is 0.161 e. The van der Waals surface area contributed by atoms with Crippen LogP contribution in [0.3, 0.4) is 0 Å². The number of benzene rings is 1. The standard InChI is InChI=1S/C33H46N3O4/c1-2-23-5-3-6-25(11-8-23)31(39)22-29(37)12-9-24-10-13-30(38)32(19-24)40-18-15-27(20-28-7-4-16-35-28)26-14-17-36-33(34)21-26/h4,7,10,13-14,16-17,19,21,23,25,27,29,31,37-39H,2-3,5-6,8-9,11-12,15,18,20,22H2,1H3,(H2,34,36)/q-1. The normalized spacial score (nSPS) is 20.0. The minimum absolute atomic E-state index is 0.0980. The number of aliphatic hydroxyl groups is 2. The number of phenolic OH excluding ortho intramolecular Hbond substituents is 1. The van der Waals surface area contributed by atoms with Crippen LogP contribution in [0.1, 0.15) is 87.4 Å². The van der Waals surface area contributed by atoms with Gasteiger partial charge < -0.3 is 30.8 Å². The molecule has 0 spiro atoms. The first-order valence-electron chi connectivity index (χ1n) is 15.0. The lowest BCUT2D eigenvalue weighted by atomic mass is 9.89. The average molecular weight is 549 g/mol. The van der Waals surface area contributed by atoms with Crippen molar-refractivity contribution in [3.05, 3.63) is 71.7 Å². The molecule has 5 unspecified atom stereocenters. The third kappa shape index (κ3) is 9.00. The van der Waals surface area contributed by atoms with Crippen LogP contribution in [-0.2, 0) is 12.8 Å².